The number of hydrogen-bond acceptors (Lipinski definition) is 4. The van der Waals surface area contributed by atoms with Crippen LogP contribution in [0.5, 0.6) is 0 Å². The number of sulfonamides is 1. The first-order valence-corrected chi connectivity index (χ1v) is 11.0. The number of benzene rings is 2. The molecule has 1 aliphatic heterocycles. The van der Waals surface area contributed by atoms with E-state index in [0.717, 1.165) is 17.5 Å². The van der Waals surface area contributed by atoms with Gasteiger partial charge in [-0.2, -0.15) is 4.31 Å². The fraction of sp³-hybridized carbons (Fsp3) is 0.238. The van der Waals surface area contributed by atoms with Crippen molar-refractivity contribution in [2.75, 3.05) is 26.2 Å². The lowest BCUT2D eigenvalue weighted by Crippen LogP contribution is -2.39. The number of nitrogens with zero attached hydrogens (tertiary/aromatic N) is 2. The van der Waals surface area contributed by atoms with E-state index in [1.54, 1.807) is 18.2 Å². The molecule has 156 valence electrons. The molecule has 0 spiro atoms. The van der Waals surface area contributed by atoms with Gasteiger partial charge in [0.25, 0.3) is 11.5 Å². The Morgan fingerprint density at radius 1 is 0.967 bits per heavy atom. The number of halogens is 1. The Labute approximate surface area is 172 Å². The molecule has 30 heavy (non-hydrogen) atoms. The first-order valence-electron chi connectivity index (χ1n) is 9.53. The Balaban J connectivity index is 1.54. The van der Waals surface area contributed by atoms with Gasteiger partial charge in [-0.3, -0.25) is 9.59 Å². The molecular weight excluding hydrogens is 409 g/mol. The third-order valence-corrected chi connectivity index (χ3v) is 7.09. The Kier molecular flexibility index (Phi) is 5.40. The number of H-pyrrole nitrogens is 1. The molecule has 1 fully saturated rings. The van der Waals surface area contributed by atoms with E-state index in [-0.39, 0.29) is 30.1 Å². The molecule has 7 nitrogen and oxygen atoms in total. The number of fused-ring (bicyclic) bond motifs is 1. The van der Waals surface area contributed by atoms with Crippen LogP contribution in [-0.4, -0.2) is 54.7 Å². The van der Waals surface area contributed by atoms with Crippen molar-refractivity contribution in [3.63, 3.8) is 0 Å². The molecule has 9 heteroatoms. The largest absolute Gasteiger partial charge is 0.337 e. The standard InChI is InChI=1S/C21H20FN3O4S/c22-16-6-8-17(9-7-16)30(28,29)25-11-3-10-24(12-13-25)21(27)18-14-15-4-1-2-5-19(15)23-20(18)26/h1-2,4-9,14H,3,10-13H2,(H,23,26). The average Bonchev–Trinajstić information content (AvgIpc) is 3.00. The minimum atomic E-state index is -3.79. The van der Waals surface area contributed by atoms with E-state index in [1.165, 1.54) is 21.3 Å². The van der Waals surface area contributed by atoms with Crippen molar-refractivity contribution in [1.29, 1.82) is 0 Å². The number of nitrogens with one attached hydrogen (secondary N) is 1. The molecule has 0 unspecified atom stereocenters. The van der Waals surface area contributed by atoms with Crippen LogP contribution < -0.4 is 5.56 Å². The van der Waals surface area contributed by atoms with E-state index < -0.39 is 27.3 Å². The zero-order valence-corrected chi connectivity index (χ0v) is 16.9. The van der Waals surface area contributed by atoms with Gasteiger partial charge in [-0.1, -0.05) is 18.2 Å². The number of para-hydroxylation sites is 1. The lowest BCUT2D eigenvalue weighted by atomic mass is 10.1. The predicted molar refractivity (Wildman–Crippen MR) is 110 cm³/mol. The Morgan fingerprint density at radius 2 is 1.70 bits per heavy atom. The molecule has 1 N–H and O–H groups in total. The molecule has 3 aromatic rings. The van der Waals surface area contributed by atoms with E-state index in [1.807, 2.05) is 12.1 Å². The number of carbonyl (C=O) groups excluding carboxylic acids is 1. The van der Waals surface area contributed by atoms with Gasteiger partial charge >= 0.3 is 0 Å². The summed E-state index contributed by atoms with van der Waals surface area (Å²) in [6, 6.07) is 13.4. The zero-order valence-electron chi connectivity index (χ0n) is 16.0. The van der Waals surface area contributed by atoms with E-state index in [0.29, 0.717) is 18.5 Å². The van der Waals surface area contributed by atoms with Crippen LogP contribution in [0.15, 0.2) is 64.3 Å². The minimum absolute atomic E-state index is 0.00894. The number of amides is 1. The van der Waals surface area contributed by atoms with Crippen LogP contribution >= 0.6 is 0 Å². The third-order valence-electron chi connectivity index (χ3n) is 5.18. The summed E-state index contributed by atoms with van der Waals surface area (Å²) in [6.07, 6.45) is 0.428. The van der Waals surface area contributed by atoms with Crippen molar-refractivity contribution < 1.29 is 17.6 Å². The normalized spacial score (nSPS) is 15.8. The zero-order chi connectivity index (χ0) is 21.3. The average molecular weight is 429 g/mol. The van der Waals surface area contributed by atoms with E-state index >= 15 is 0 Å². The molecule has 0 atom stereocenters. The van der Waals surface area contributed by atoms with Crippen LogP contribution in [0.2, 0.25) is 0 Å². The Bertz CT molecular complexity index is 1260. The fourth-order valence-electron chi connectivity index (χ4n) is 3.57. The molecule has 1 amide bonds. The number of aromatic nitrogens is 1. The van der Waals surface area contributed by atoms with Gasteiger partial charge in [0.2, 0.25) is 10.0 Å². The smallest absolute Gasteiger partial charge is 0.261 e. The second-order valence-electron chi connectivity index (χ2n) is 7.10. The van der Waals surface area contributed by atoms with Crippen LogP contribution in [-0.2, 0) is 10.0 Å². The number of carbonyl (C=O) groups is 1. The second kappa shape index (κ2) is 8.00. The van der Waals surface area contributed by atoms with Crippen LogP contribution in [0.3, 0.4) is 0 Å². The quantitative estimate of drug-likeness (QED) is 0.691. The monoisotopic (exact) mass is 429 g/mol. The summed E-state index contributed by atoms with van der Waals surface area (Å²) in [5.74, 6) is -0.940. The number of pyridine rings is 1. The molecular formula is C21H20FN3O4S. The van der Waals surface area contributed by atoms with Crippen molar-refractivity contribution in [3.05, 3.63) is 76.3 Å². The first-order chi connectivity index (χ1) is 14.4. The SMILES string of the molecule is O=C(c1cc2ccccc2[nH]c1=O)N1CCCN(S(=O)(=O)c2ccc(F)cc2)CC1. The number of hydrogen-bond donors (Lipinski definition) is 1. The third kappa shape index (κ3) is 3.86. The van der Waals surface area contributed by atoms with Crippen LogP contribution in [0.1, 0.15) is 16.8 Å². The summed E-state index contributed by atoms with van der Waals surface area (Å²) in [5.41, 5.74) is 0.203. The predicted octanol–water partition coefficient (Wildman–Crippen LogP) is 2.20. The molecule has 0 aliphatic carbocycles. The molecule has 2 aromatic carbocycles. The number of aromatic amines is 1. The summed E-state index contributed by atoms with van der Waals surface area (Å²) >= 11 is 0. The number of rotatable bonds is 3. The van der Waals surface area contributed by atoms with Crippen molar-refractivity contribution in [3.8, 4) is 0 Å². The Hall–Kier alpha value is -3.04. The summed E-state index contributed by atoms with van der Waals surface area (Å²) in [4.78, 5) is 29.6. The van der Waals surface area contributed by atoms with Gasteiger partial charge in [-0.25, -0.2) is 12.8 Å². The molecule has 1 saturated heterocycles. The van der Waals surface area contributed by atoms with Gasteiger partial charge in [0.1, 0.15) is 11.4 Å². The molecule has 4 rings (SSSR count). The van der Waals surface area contributed by atoms with Gasteiger partial charge in [-0.05, 0) is 48.2 Å². The van der Waals surface area contributed by atoms with Gasteiger partial charge < -0.3 is 9.88 Å². The summed E-state index contributed by atoms with van der Waals surface area (Å²) in [7, 11) is -3.79. The van der Waals surface area contributed by atoms with Gasteiger partial charge in [0.05, 0.1) is 4.90 Å². The van der Waals surface area contributed by atoms with Gasteiger partial charge in [-0.15, -0.1) is 0 Å². The van der Waals surface area contributed by atoms with E-state index in [4.69, 9.17) is 0 Å². The van der Waals surface area contributed by atoms with E-state index in [2.05, 4.69) is 4.98 Å². The molecule has 1 aromatic heterocycles. The van der Waals surface area contributed by atoms with Crippen molar-refractivity contribution >= 4 is 26.8 Å². The Morgan fingerprint density at radius 3 is 2.47 bits per heavy atom. The van der Waals surface area contributed by atoms with Crippen molar-refractivity contribution in [2.45, 2.75) is 11.3 Å². The van der Waals surface area contributed by atoms with Crippen LogP contribution in [0.25, 0.3) is 10.9 Å². The molecule has 2 heterocycles. The minimum Gasteiger partial charge on any atom is -0.337 e. The van der Waals surface area contributed by atoms with Crippen LogP contribution in [0, 0.1) is 5.82 Å². The highest BCUT2D eigenvalue weighted by atomic mass is 32.2. The lowest BCUT2D eigenvalue weighted by Gasteiger charge is -2.22. The highest BCUT2D eigenvalue weighted by Gasteiger charge is 2.29. The molecule has 0 bridgehead atoms. The lowest BCUT2D eigenvalue weighted by molar-refractivity contribution is 0.0762. The van der Waals surface area contributed by atoms with E-state index in [9.17, 15) is 22.4 Å². The fourth-order valence-corrected chi connectivity index (χ4v) is 5.04. The van der Waals surface area contributed by atoms with Gasteiger partial charge in [0.15, 0.2) is 0 Å². The van der Waals surface area contributed by atoms with Crippen molar-refractivity contribution in [2.24, 2.45) is 0 Å². The highest BCUT2D eigenvalue weighted by molar-refractivity contribution is 7.89. The highest BCUT2D eigenvalue weighted by Crippen LogP contribution is 2.19. The van der Waals surface area contributed by atoms with Crippen molar-refractivity contribution in [1.82, 2.24) is 14.2 Å². The second-order valence-corrected chi connectivity index (χ2v) is 9.04. The van der Waals surface area contributed by atoms with Gasteiger partial charge in [0, 0.05) is 31.7 Å². The topological polar surface area (TPSA) is 90.6 Å². The molecule has 0 saturated carbocycles. The van der Waals surface area contributed by atoms with Crippen LogP contribution in [0.4, 0.5) is 4.39 Å². The summed E-state index contributed by atoms with van der Waals surface area (Å²) < 4.78 is 40.1. The molecule has 1 aliphatic rings. The maximum Gasteiger partial charge on any atom is 0.261 e. The maximum absolute atomic E-state index is 13.1. The summed E-state index contributed by atoms with van der Waals surface area (Å²) in [6.45, 7) is 0.820. The first kappa shape index (κ1) is 20.2. The molecule has 0 radical (unpaired) electrons. The summed E-state index contributed by atoms with van der Waals surface area (Å²) in [5, 5.41) is 0.746. The maximum atomic E-state index is 13.1.